The number of nitrogens with one attached hydrogen (secondary N) is 1. The van der Waals surface area contributed by atoms with Gasteiger partial charge in [0.05, 0.1) is 6.07 Å². The van der Waals surface area contributed by atoms with Crippen molar-refractivity contribution in [2.24, 2.45) is 0 Å². The van der Waals surface area contributed by atoms with Crippen LogP contribution in [-0.4, -0.2) is 12.0 Å². The van der Waals surface area contributed by atoms with Gasteiger partial charge in [0.2, 0.25) is 0 Å². The first-order valence-electron chi connectivity index (χ1n) is 7.39. The molecule has 0 aromatic heterocycles. The van der Waals surface area contributed by atoms with E-state index in [2.05, 4.69) is 5.32 Å². The maximum atomic E-state index is 13.8. The molecule has 2 aromatic rings. The first-order chi connectivity index (χ1) is 11.8. The number of rotatable bonds is 5. The normalized spacial score (nSPS) is 12.8. The lowest BCUT2D eigenvalue weighted by molar-refractivity contribution is -0.127. The van der Waals surface area contributed by atoms with Gasteiger partial charge in [-0.25, -0.2) is 8.78 Å². The van der Waals surface area contributed by atoms with Gasteiger partial charge >= 0.3 is 0 Å². The molecule has 2 unspecified atom stereocenters. The lowest BCUT2D eigenvalue weighted by Gasteiger charge is -2.19. The van der Waals surface area contributed by atoms with Gasteiger partial charge in [0.15, 0.2) is 6.10 Å². The molecule has 0 fully saturated rings. The molecular weight excluding hydrogens is 350 g/mol. The van der Waals surface area contributed by atoms with E-state index in [1.807, 2.05) is 0 Å². The third-order valence-electron chi connectivity index (χ3n) is 3.50. The van der Waals surface area contributed by atoms with Crippen LogP contribution in [0.3, 0.4) is 0 Å². The number of carbonyl (C=O) groups is 1. The molecule has 1 N–H and O–H groups in total. The van der Waals surface area contributed by atoms with Gasteiger partial charge in [-0.15, -0.1) is 0 Å². The number of aryl methyl sites for hydroxylation is 1. The molecule has 0 heterocycles. The van der Waals surface area contributed by atoms with Crippen molar-refractivity contribution in [3.05, 3.63) is 64.2 Å². The highest BCUT2D eigenvalue weighted by Gasteiger charge is 2.23. The van der Waals surface area contributed by atoms with Crippen LogP contribution in [0.25, 0.3) is 0 Å². The van der Waals surface area contributed by atoms with E-state index in [0.717, 1.165) is 17.7 Å². The van der Waals surface area contributed by atoms with Gasteiger partial charge in [-0.2, -0.15) is 5.26 Å². The molecule has 4 nitrogen and oxygen atoms in total. The number of nitriles is 1. The lowest BCUT2D eigenvalue weighted by Crippen LogP contribution is -2.38. The number of ether oxygens (including phenoxy) is 1. The minimum absolute atomic E-state index is 0.118. The van der Waals surface area contributed by atoms with Crippen molar-refractivity contribution in [1.82, 2.24) is 5.32 Å². The number of halogens is 3. The maximum absolute atomic E-state index is 13.8. The van der Waals surface area contributed by atoms with Crippen LogP contribution in [-0.2, 0) is 4.79 Å². The van der Waals surface area contributed by atoms with Gasteiger partial charge < -0.3 is 10.1 Å². The molecule has 2 rings (SSSR count). The molecule has 0 radical (unpaired) electrons. The quantitative estimate of drug-likeness (QED) is 0.869. The largest absolute Gasteiger partial charge is 0.481 e. The van der Waals surface area contributed by atoms with E-state index in [0.29, 0.717) is 16.8 Å². The second kappa shape index (κ2) is 7.95. The fraction of sp³-hybridized carbons (Fsp3) is 0.222. The highest BCUT2D eigenvalue weighted by atomic mass is 35.5. The monoisotopic (exact) mass is 364 g/mol. The SMILES string of the molecule is Cc1cc(Cl)ccc1OC(C)C(=O)NC(C#N)c1ccc(F)cc1F. The summed E-state index contributed by atoms with van der Waals surface area (Å²) in [7, 11) is 0. The topological polar surface area (TPSA) is 62.1 Å². The Morgan fingerprint density at radius 1 is 1.28 bits per heavy atom. The minimum atomic E-state index is -1.26. The molecule has 0 saturated carbocycles. The van der Waals surface area contributed by atoms with Crippen molar-refractivity contribution in [2.75, 3.05) is 0 Å². The molecule has 2 aromatic carbocycles. The van der Waals surface area contributed by atoms with E-state index >= 15 is 0 Å². The van der Waals surface area contributed by atoms with Gasteiger partial charge in [-0.1, -0.05) is 17.7 Å². The maximum Gasteiger partial charge on any atom is 0.262 e. The van der Waals surface area contributed by atoms with Crippen LogP contribution in [0, 0.1) is 29.9 Å². The average molecular weight is 365 g/mol. The molecule has 25 heavy (non-hydrogen) atoms. The smallest absolute Gasteiger partial charge is 0.262 e. The number of nitrogens with zero attached hydrogens (tertiary/aromatic N) is 1. The van der Waals surface area contributed by atoms with E-state index in [-0.39, 0.29) is 5.56 Å². The molecule has 130 valence electrons. The summed E-state index contributed by atoms with van der Waals surface area (Å²) >= 11 is 5.86. The fourth-order valence-electron chi connectivity index (χ4n) is 2.16. The third kappa shape index (κ3) is 4.68. The Morgan fingerprint density at radius 2 is 2.00 bits per heavy atom. The summed E-state index contributed by atoms with van der Waals surface area (Å²) in [6.45, 7) is 3.27. The van der Waals surface area contributed by atoms with Crippen molar-refractivity contribution in [1.29, 1.82) is 5.26 Å². The minimum Gasteiger partial charge on any atom is -0.481 e. The van der Waals surface area contributed by atoms with Crippen LogP contribution in [0.4, 0.5) is 8.78 Å². The highest BCUT2D eigenvalue weighted by Crippen LogP contribution is 2.23. The standard InChI is InChI=1S/C18H15ClF2N2O2/c1-10-7-12(19)3-6-17(10)25-11(2)18(24)23-16(9-22)14-5-4-13(20)8-15(14)21/h3-8,11,16H,1-2H3,(H,23,24). The summed E-state index contributed by atoms with van der Waals surface area (Å²) in [5.41, 5.74) is 0.626. The summed E-state index contributed by atoms with van der Waals surface area (Å²) in [6.07, 6.45) is -0.931. The van der Waals surface area contributed by atoms with Gasteiger partial charge in [0.25, 0.3) is 5.91 Å². The Labute approximate surface area is 149 Å². The number of hydrogen-bond donors (Lipinski definition) is 1. The van der Waals surface area contributed by atoms with E-state index in [9.17, 15) is 18.8 Å². The Morgan fingerprint density at radius 3 is 2.60 bits per heavy atom. The van der Waals surface area contributed by atoms with Crippen LogP contribution in [0.15, 0.2) is 36.4 Å². The Balaban J connectivity index is 2.09. The molecule has 0 aliphatic heterocycles. The van der Waals surface area contributed by atoms with Crippen LogP contribution in [0.5, 0.6) is 5.75 Å². The van der Waals surface area contributed by atoms with Gasteiger partial charge in [-0.3, -0.25) is 4.79 Å². The van der Waals surface area contributed by atoms with Crippen LogP contribution in [0.1, 0.15) is 24.1 Å². The second-order valence-electron chi connectivity index (χ2n) is 5.41. The zero-order valence-electron chi connectivity index (χ0n) is 13.5. The van der Waals surface area contributed by atoms with Crippen molar-refractivity contribution >= 4 is 17.5 Å². The van der Waals surface area contributed by atoms with Crippen molar-refractivity contribution in [3.8, 4) is 11.8 Å². The Hall–Kier alpha value is -2.65. The highest BCUT2D eigenvalue weighted by molar-refractivity contribution is 6.30. The molecule has 1 amide bonds. The Kier molecular flexibility index (Phi) is 5.94. The predicted octanol–water partition coefficient (Wildman–Crippen LogP) is 4.08. The van der Waals surface area contributed by atoms with Crippen molar-refractivity contribution in [3.63, 3.8) is 0 Å². The summed E-state index contributed by atoms with van der Waals surface area (Å²) in [4.78, 5) is 12.2. The van der Waals surface area contributed by atoms with Crippen molar-refractivity contribution < 1.29 is 18.3 Å². The molecule has 2 atom stereocenters. The summed E-state index contributed by atoms with van der Waals surface area (Å²) in [5.74, 6) is -1.81. The lowest BCUT2D eigenvalue weighted by atomic mass is 10.1. The Bertz CT molecular complexity index is 836. The summed E-state index contributed by atoms with van der Waals surface area (Å²) in [6, 6.07) is 8.26. The van der Waals surface area contributed by atoms with Gasteiger partial charge in [0, 0.05) is 16.7 Å². The molecule has 0 bridgehead atoms. The molecule has 0 saturated heterocycles. The van der Waals surface area contributed by atoms with Crippen LogP contribution >= 0.6 is 11.6 Å². The van der Waals surface area contributed by atoms with E-state index in [1.54, 1.807) is 31.2 Å². The molecule has 7 heteroatoms. The number of amides is 1. The van der Waals surface area contributed by atoms with Crippen LogP contribution < -0.4 is 10.1 Å². The van der Waals surface area contributed by atoms with Crippen LogP contribution in [0.2, 0.25) is 5.02 Å². The zero-order valence-corrected chi connectivity index (χ0v) is 14.3. The van der Waals surface area contributed by atoms with Gasteiger partial charge in [-0.05, 0) is 43.7 Å². The number of carbonyl (C=O) groups excluding carboxylic acids is 1. The summed E-state index contributed by atoms with van der Waals surface area (Å²) in [5, 5.41) is 12.1. The predicted molar refractivity (Wildman–Crippen MR) is 89.1 cm³/mol. The molecule has 0 spiro atoms. The van der Waals surface area contributed by atoms with E-state index in [4.69, 9.17) is 16.3 Å². The first-order valence-corrected chi connectivity index (χ1v) is 7.77. The van der Waals surface area contributed by atoms with E-state index in [1.165, 1.54) is 6.92 Å². The summed E-state index contributed by atoms with van der Waals surface area (Å²) < 4.78 is 32.3. The number of benzene rings is 2. The molecular formula is C18H15ClF2N2O2. The van der Waals surface area contributed by atoms with Gasteiger partial charge in [0.1, 0.15) is 23.4 Å². The average Bonchev–Trinajstić information content (AvgIpc) is 2.55. The molecule has 0 aliphatic rings. The van der Waals surface area contributed by atoms with E-state index < -0.39 is 29.7 Å². The number of hydrogen-bond acceptors (Lipinski definition) is 3. The first kappa shape index (κ1) is 18.7. The zero-order chi connectivity index (χ0) is 18.6. The van der Waals surface area contributed by atoms with Crippen molar-refractivity contribution in [2.45, 2.75) is 26.0 Å². The second-order valence-corrected chi connectivity index (χ2v) is 5.84. The molecule has 0 aliphatic carbocycles. The third-order valence-corrected chi connectivity index (χ3v) is 3.73. The fourth-order valence-corrected chi connectivity index (χ4v) is 2.39.